The van der Waals surface area contributed by atoms with E-state index in [0.717, 1.165) is 24.3 Å². The minimum atomic E-state index is -1.03. The fraction of sp³-hybridized carbons (Fsp3) is 0.636. The zero-order chi connectivity index (χ0) is 20.1. The van der Waals surface area contributed by atoms with E-state index in [1.807, 2.05) is 35.2 Å². The first kappa shape index (κ1) is 20.8. The molecule has 0 radical (unpaired) electrons. The van der Waals surface area contributed by atoms with Crippen LogP contribution < -0.4 is 11.1 Å². The van der Waals surface area contributed by atoms with Crippen molar-refractivity contribution in [1.82, 2.24) is 15.1 Å². The Balaban J connectivity index is 1.45. The molecule has 1 aliphatic carbocycles. The third-order valence-corrected chi connectivity index (χ3v) is 6.23. The van der Waals surface area contributed by atoms with Crippen molar-refractivity contribution in [3.8, 4) is 0 Å². The van der Waals surface area contributed by atoms with E-state index in [0.29, 0.717) is 38.8 Å². The SMILES string of the molecule is CC1CCC(NC(=O)CN2CCN(C(=O)C(C)(N)c3ccccc3)CC2)CC1. The maximum atomic E-state index is 12.9. The molecule has 1 saturated carbocycles. The number of nitrogens with two attached hydrogens (primary N) is 1. The molecule has 0 spiro atoms. The number of carbonyl (C=O) groups excluding carboxylic acids is 2. The number of rotatable bonds is 5. The van der Waals surface area contributed by atoms with Gasteiger partial charge in [0.2, 0.25) is 11.8 Å². The Morgan fingerprint density at radius 3 is 2.29 bits per heavy atom. The number of nitrogens with one attached hydrogen (secondary N) is 1. The number of nitrogens with zero attached hydrogens (tertiary/aromatic N) is 2. The number of piperazine rings is 1. The summed E-state index contributed by atoms with van der Waals surface area (Å²) in [6.07, 6.45) is 4.57. The predicted octanol–water partition coefficient (Wildman–Crippen LogP) is 1.70. The maximum Gasteiger partial charge on any atom is 0.247 e. The molecule has 0 bridgehead atoms. The lowest BCUT2D eigenvalue weighted by Gasteiger charge is -2.38. The van der Waals surface area contributed by atoms with Crippen molar-refractivity contribution in [1.29, 1.82) is 0 Å². The zero-order valence-electron chi connectivity index (χ0n) is 17.2. The van der Waals surface area contributed by atoms with Crippen LogP contribution in [0.5, 0.6) is 0 Å². The van der Waals surface area contributed by atoms with Crippen molar-refractivity contribution in [2.75, 3.05) is 32.7 Å². The molecule has 3 N–H and O–H groups in total. The molecule has 2 fully saturated rings. The fourth-order valence-electron chi connectivity index (χ4n) is 4.23. The van der Waals surface area contributed by atoms with E-state index in [9.17, 15) is 9.59 Å². The summed E-state index contributed by atoms with van der Waals surface area (Å²) in [5.41, 5.74) is 6.17. The second-order valence-corrected chi connectivity index (χ2v) is 8.66. The standard InChI is InChI=1S/C22H34N4O2/c1-17-8-10-19(11-9-17)24-20(27)16-25-12-14-26(15-13-25)21(28)22(2,23)18-6-4-3-5-7-18/h3-7,17,19H,8-16,23H2,1-2H3,(H,24,27). The average molecular weight is 387 g/mol. The Morgan fingerprint density at radius 2 is 1.68 bits per heavy atom. The number of amides is 2. The van der Waals surface area contributed by atoms with Crippen LogP contribution in [0.15, 0.2) is 30.3 Å². The van der Waals surface area contributed by atoms with Gasteiger partial charge in [0.15, 0.2) is 0 Å². The summed E-state index contributed by atoms with van der Waals surface area (Å²) in [4.78, 5) is 29.3. The van der Waals surface area contributed by atoms with Crippen molar-refractivity contribution in [3.63, 3.8) is 0 Å². The van der Waals surface area contributed by atoms with Gasteiger partial charge in [-0.15, -0.1) is 0 Å². The monoisotopic (exact) mass is 386 g/mol. The lowest BCUT2D eigenvalue weighted by atomic mass is 9.87. The first-order valence-electron chi connectivity index (χ1n) is 10.5. The molecule has 2 aliphatic rings. The van der Waals surface area contributed by atoms with Gasteiger partial charge < -0.3 is 16.0 Å². The van der Waals surface area contributed by atoms with Crippen molar-refractivity contribution in [2.45, 2.75) is 51.1 Å². The Labute approximate surface area is 168 Å². The molecule has 6 nitrogen and oxygen atoms in total. The molecule has 1 aliphatic heterocycles. The smallest absolute Gasteiger partial charge is 0.247 e. The number of benzene rings is 1. The van der Waals surface area contributed by atoms with Crippen molar-refractivity contribution >= 4 is 11.8 Å². The fourth-order valence-corrected chi connectivity index (χ4v) is 4.23. The Kier molecular flexibility index (Phi) is 6.73. The van der Waals surface area contributed by atoms with Crippen LogP contribution in [0, 0.1) is 5.92 Å². The number of carbonyl (C=O) groups is 2. The highest BCUT2D eigenvalue weighted by molar-refractivity contribution is 5.87. The van der Waals surface area contributed by atoms with Crippen LogP contribution in [0.1, 0.15) is 45.1 Å². The zero-order valence-corrected chi connectivity index (χ0v) is 17.2. The molecule has 1 heterocycles. The van der Waals surface area contributed by atoms with Crippen LogP contribution in [-0.4, -0.2) is 60.4 Å². The summed E-state index contributed by atoms with van der Waals surface area (Å²) in [6, 6.07) is 9.83. The minimum Gasteiger partial charge on any atom is -0.352 e. The second-order valence-electron chi connectivity index (χ2n) is 8.66. The van der Waals surface area contributed by atoms with E-state index in [4.69, 9.17) is 5.73 Å². The molecule has 3 rings (SSSR count). The van der Waals surface area contributed by atoms with Gasteiger partial charge in [-0.2, -0.15) is 0 Å². The third-order valence-electron chi connectivity index (χ3n) is 6.23. The number of hydrogen-bond donors (Lipinski definition) is 2. The summed E-state index contributed by atoms with van der Waals surface area (Å²) >= 11 is 0. The van der Waals surface area contributed by atoms with E-state index >= 15 is 0 Å². The first-order valence-corrected chi connectivity index (χ1v) is 10.5. The predicted molar refractivity (Wildman–Crippen MR) is 111 cm³/mol. The van der Waals surface area contributed by atoms with Gasteiger partial charge in [-0.3, -0.25) is 14.5 Å². The first-order chi connectivity index (χ1) is 13.4. The summed E-state index contributed by atoms with van der Waals surface area (Å²) in [5, 5.41) is 3.19. The molecule has 1 aromatic carbocycles. The Hall–Kier alpha value is -1.92. The lowest BCUT2D eigenvalue weighted by molar-refractivity contribution is -0.138. The van der Waals surface area contributed by atoms with Gasteiger partial charge in [0, 0.05) is 32.2 Å². The largest absolute Gasteiger partial charge is 0.352 e. The second kappa shape index (κ2) is 9.05. The van der Waals surface area contributed by atoms with Crippen LogP contribution in [0.25, 0.3) is 0 Å². The van der Waals surface area contributed by atoms with E-state index in [2.05, 4.69) is 17.1 Å². The van der Waals surface area contributed by atoms with Crippen LogP contribution in [-0.2, 0) is 15.1 Å². The summed E-state index contributed by atoms with van der Waals surface area (Å²) in [6.45, 7) is 7.07. The van der Waals surface area contributed by atoms with E-state index in [-0.39, 0.29) is 11.8 Å². The maximum absolute atomic E-state index is 12.9. The van der Waals surface area contributed by atoms with Crippen LogP contribution >= 0.6 is 0 Å². The minimum absolute atomic E-state index is 0.0564. The van der Waals surface area contributed by atoms with E-state index in [1.54, 1.807) is 6.92 Å². The molecule has 154 valence electrons. The highest BCUT2D eigenvalue weighted by Gasteiger charge is 2.36. The lowest BCUT2D eigenvalue weighted by Crippen LogP contribution is -2.57. The van der Waals surface area contributed by atoms with Crippen LogP contribution in [0.4, 0.5) is 0 Å². The van der Waals surface area contributed by atoms with Gasteiger partial charge in [0.25, 0.3) is 0 Å². The third kappa shape index (κ3) is 5.11. The van der Waals surface area contributed by atoms with Crippen molar-refractivity contribution < 1.29 is 9.59 Å². The Bertz CT molecular complexity index is 660. The highest BCUT2D eigenvalue weighted by Crippen LogP contribution is 2.23. The van der Waals surface area contributed by atoms with Crippen molar-refractivity contribution in [3.05, 3.63) is 35.9 Å². The van der Waals surface area contributed by atoms with Gasteiger partial charge in [-0.1, -0.05) is 37.3 Å². The number of hydrogen-bond acceptors (Lipinski definition) is 4. The highest BCUT2D eigenvalue weighted by atomic mass is 16.2. The molecule has 1 saturated heterocycles. The van der Waals surface area contributed by atoms with Crippen molar-refractivity contribution in [2.24, 2.45) is 11.7 Å². The molecular weight excluding hydrogens is 352 g/mol. The van der Waals surface area contributed by atoms with Gasteiger partial charge >= 0.3 is 0 Å². The van der Waals surface area contributed by atoms with E-state index in [1.165, 1.54) is 12.8 Å². The van der Waals surface area contributed by atoms with Gasteiger partial charge in [0.1, 0.15) is 5.54 Å². The average Bonchev–Trinajstić information content (AvgIpc) is 2.70. The molecule has 6 heteroatoms. The van der Waals surface area contributed by atoms with E-state index < -0.39 is 5.54 Å². The quantitative estimate of drug-likeness (QED) is 0.807. The van der Waals surface area contributed by atoms with Crippen LogP contribution in [0.3, 0.4) is 0 Å². The molecule has 2 amide bonds. The summed E-state index contributed by atoms with van der Waals surface area (Å²) < 4.78 is 0. The molecule has 1 aromatic rings. The van der Waals surface area contributed by atoms with Gasteiger partial charge in [-0.05, 0) is 44.1 Å². The molecule has 28 heavy (non-hydrogen) atoms. The summed E-state index contributed by atoms with van der Waals surface area (Å²) in [7, 11) is 0. The Morgan fingerprint density at radius 1 is 1.07 bits per heavy atom. The topological polar surface area (TPSA) is 78.7 Å². The normalized spacial score (nSPS) is 25.8. The van der Waals surface area contributed by atoms with Gasteiger partial charge in [-0.25, -0.2) is 0 Å². The van der Waals surface area contributed by atoms with Crippen LogP contribution in [0.2, 0.25) is 0 Å². The summed E-state index contributed by atoms with van der Waals surface area (Å²) in [5.74, 6) is 0.828. The molecule has 0 aromatic heterocycles. The molecular formula is C22H34N4O2. The molecule has 1 unspecified atom stereocenters. The molecule has 1 atom stereocenters. The van der Waals surface area contributed by atoms with Gasteiger partial charge in [0.05, 0.1) is 6.54 Å².